The van der Waals surface area contributed by atoms with E-state index in [0.717, 1.165) is 68.3 Å². The second-order valence-electron chi connectivity index (χ2n) is 9.66. The maximum atomic E-state index is 13.7. The third-order valence-corrected chi connectivity index (χ3v) is 6.99. The summed E-state index contributed by atoms with van der Waals surface area (Å²) in [5.41, 5.74) is 9.98. The molecule has 1 saturated heterocycles. The number of nitrogens with zero attached hydrogens (tertiary/aromatic N) is 4. The van der Waals surface area contributed by atoms with Crippen LogP contribution in [0.2, 0.25) is 0 Å². The molecule has 3 aromatic rings. The summed E-state index contributed by atoms with van der Waals surface area (Å²) < 4.78 is 42.4. The number of halogens is 3. The standard InChI is InChI=1S/C26H31F3N6/c1-34-12-10-18(11-13-34)31-20-8-5-9-23-19(20)14-24(35(23)16-26(27,28)29)22-15-21(32-25(30)33-22)17-6-3-2-4-7-17/h5-6,8-9,14-15,18,31H,2-4,7,10-13,16H2,1H3,(H2,30,32,33). The van der Waals surface area contributed by atoms with Crippen molar-refractivity contribution in [2.75, 3.05) is 31.2 Å². The minimum absolute atomic E-state index is 0.0671. The van der Waals surface area contributed by atoms with Gasteiger partial charge in [0, 0.05) is 17.1 Å². The van der Waals surface area contributed by atoms with Crippen molar-refractivity contribution in [3.8, 4) is 11.4 Å². The third-order valence-electron chi connectivity index (χ3n) is 6.99. The molecule has 0 spiro atoms. The Bertz CT molecular complexity index is 1240. The summed E-state index contributed by atoms with van der Waals surface area (Å²) in [4.78, 5) is 11.0. The predicted octanol–water partition coefficient (Wildman–Crippen LogP) is 5.71. The van der Waals surface area contributed by atoms with Crippen molar-refractivity contribution in [1.82, 2.24) is 19.4 Å². The quantitative estimate of drug-likeness (QED) is 0.486. The van der Waals surface area contributed by atoms with Gasteiger partial charge in [-0.25, -0.2) is 9.97 Å². The molecule has 1 fully saturated rings. The average Bonchev–Trinajstić information content (AvgIpc) is 3.19. The molecule has 0 radical (unpaired) electrons. The van der Waals surface area contributed by atoms with Gasteiger partial charge in [-0.05, 0) is 88.5 Å². The van der Waals surface area contributed by atoms with E-state index in [-0.39, 0.29) is 12.0 Å². The second-order valence-corrected chi connectivity index (χ2v) is 9.66. The number of aromatic nitrogens is 3. The minimum Gasteiger partial charge on any atom is -0.382 e. The van der Waals surface area contributed by atoms with Crippen LogP contribution in [-0.2, 0) is 6.54 Å². The van der Waals surface area contributed by atoms with Gasteiger partial charge in [-0.15, -0.1) is 0 Å². The van der Waals surface area contributed by atoms with Crippen molar-refractivity contribution in [3.05, 3.63) is 42.1 Å². The van der Waals surface area contributed by atoms with Gasteiger partial charge >= 0.3 is 6.18 Å². The van der Waals surface area contributed by atoms with Gasteiger partial charge in [-0.3, -0.25) is 0 Å². The zero-order chi connectivity index (χ0) is 24.6. The van der Waals surface area contributed by atoms with Gasteiger partial charge in [-0.1, -0.05) is 12.1 Å². The number of fused-ring (bicyclic) bond motifs is 1. The van der Waals surface area contributed by atoms with E-state index in [9.17, 15) is 13.2 Å². The Morgan fingerprint density at radius 1 is 1.09 bits per heavy atom. The highest BCUT2D eigenvalue weighted by Gasteiger charge is 2.31. The van der Waals surface area contributed by atoms with E-state index in [4.69, 9.17) is 5.73 Å². The molecule has 1 aliphatic heterocycles. The number of allylic oxidation sites excluding steroid dienone is 2. The molecule has 0 bridgehead atoms. The van der Waals surface area contributed by atoms with E-state index in [0.29, 0.717) is 22.6 Å². The van der Waals surface area contributed by atoms with Crippen LogP contribution < -0.4 is 11.1 Å². The third kappa shape index (κ3) is 5.29. The molecule has 2 aliphatic rings. The van der Waals surface area contributed by atoms with E-state index in [1.807, 2.05) is 12.1 Å². The Kier molecular flexibility index (Phi) is 6.44. The number of nitrogens with two attached hydrogens (primary N) is 1. The highest BCUT2D eigenvalue weighted by Crippen LogP contribution is 2.36. The van der Waals surface area contributed by atoms with E-state index in [1.54, 1.807) is 18.2 Å². The molecule has 6 nitrogen and oxygen atoms in total. The number of nitrogens with one attached hydrogen (secondary N) is 1. The second kappa shape index (κ2) is 9.53. The summed E-state index contributed by atoms with van der Waals surface area (Å²) in [5.74, 6) is 0.0671. The number of rotatable bonds is 5. The summed E-state index contributed by atoms with van der Waals surface area (Å²) >= 11 is 0. The zero-order valence-corrected chi connectivity index (χ0v) is 19.9. The van der Waals surface area contributed by atoms with Crippen LogP contribution in [0.25, 0.3) is 27.9 Å². The van der Waals surface area contributed by atoms with E-state index in [2.05, 4.69) is 33.3 Å². The van der Waals surface area contributed by atoms with Crippen LogP contribution in [0.1, 0.15) is 44.2 Å². The summed E-state index contributed by atoms with van der Waals surface area (Å²) in [5, 5.41) is 4.34. The summed E-state index contributed by atoms with van der Waals surface area (Å²) in [6, 6.07) is 9.35. The smallest absolute Gasteiger partial charge is 0.382 e. The molecule has 0 unspecified atom stereocenters. The van der Waals surface area contributed by atoms with Gasteiger partial charge in [0.05, 0.1) is 22.6 Å². The molecule has 2 aromatic heterocycles. The molecule has 3 heterocycles. The van der Waals surface area contributed by atoms with Crippen LogP contribution >= 0.6 is 0 Å². The Hall–Kier alpha value is -3.07. The maximum absolute atomic E-state index is 13.7. The number of likely N-dealkylation sites (tertiary alicyclic amines) is 1. The fourth-order valence-corrected chi connectivity index (χ4v) is 5.18. The number of alkyl halides is 3. The van der Waals surface area contributed by atoms with Crippen molar-refractivity contribution in [1.29, 1.82) is 0 Å². The number of hydrogen-bond acceptors (Lipinski definition) is 5. The molecule has 0 saturated carbocycles. The first-order valence-corrected chi connectivity index (χ1v) is 12.3. The maximum Gasteiger partial charge on any atom is 0.406 e. The van der Waals surface area contributed by atoms with Crippen LogP contribution in [0.4, 0.5) is 24.8 Å². The van der Waals surface area contributed by atoms with Crippen LogP contribution in [0.15, 0.2) is 36.4 Å². The first-order chi connectivity index (χ1) is 16.8. The highest BCUT2D eigenvalue weighted by atomic mass is 19.4. The number of anilines is 2. The number of benzene rings is 1. The molecule has 1 aromatic carbocycles. The van der Waals surface area contributed by atoms with Crippen molar-refractivity contribution >= 4 is 28.1 Å². The van der Waals surface area contributed by atoms with E-state index >= 15 is 0 Å². The first kappa shape index (κ1) is 23.7. The normalized spacial score (nSPS) is 18.1. The molecular weight excluding hydrogens is 453 g/mol. The topological polar surface area (TPSA) is 72.0 Å². The van der Waals surface area contributed by atoms with Crippen LogP contribution in [0, 0.1) is 0 Å². The summed E-state index contributed by atoms with van der Waals surface area (Å²) in [6.07, 6.45) is 3.78. The van der Waals surface area contributed by atoms with Crippen molar-refractivity contribution < 1.29 is 13.2 Å². The summed E-state index contributed by atoms with van der Waals surface area (Å²) in [7, 11) is 2.10. The van der Waals surface area contributed by atoms with Crippen LogP contribution in [-0.4, -0.2) is 51.8 Å². The van der Waals surface area contributed by atoms with Crippen molar-refractivity contribution in [2.24, 2.45) is 0 Å². The Balaban J connectivity index is 1.60. The molecule has 9 heteroatoms. The van der Waals surface area contributed by atoms with Gasteiger partial charge in [0.2, 0.25) is 5.95 Å². The van der Waals surface area contributed by atoms with Crippen LogP contribution in [0.3, 0.4) is 0 Å². The van der Waals surface area contributed by atoms with Crippen molar-refractivity contribution in [3.63, 3.8) is 0 Å². The zero-order valence-electron chi connectivity index (χ0n) is 19.9. The molecule has 3 N–H and O–H groups in total. The minimum atomic E-state index is -4.38. The number of piperidine rings is 1. The molecule has 5 rings (SSSR count). The largest absolute Gasteiger partial charge is 0.406 e. The lowest BCUT2D eigenvalue weighted by Gasteiger charge is -2.30. The number of hydrogen-bond donors (Lipinski definition) is 2. The fraction of sp³-hybridized carbons (Fsp3) is 0.462. The summed E-state index contributed by atoms with van der Waals surface area (Å²) in [6.45, 7) is 0.880. The first-order valence-electron chi connectivity index (χ1n) is 12.3. The van der Waals surface area contributed by atoms with Gasteiger partial charge in [-0.2, -0.15) is 13.2 Å². The van der Waals surface area contributed by atoms with Crippen LogP contribution in [0.5, 0.6) is 0 Å². The number of nitrogen functional groups attached to an aromatic ring is 1. The Morgan fingerprint density at radius 2 is 1.86 bits per heavy atom. The molecule has 0 amide bonds. The molecule has 0 atom stereocenters. The SMILES string of the molecule is CN1CCC(Nc2cccc3c2cc(-c2cc(C4=CCCCC4)nc(N)n2)n3CC(F)(F)F)CC1. The highest BCUT2D eigenvalue weighted by molar-refractivity contribution is 5.96. The van der Waals surface area contributed by atoms with E-state index in [1.165, 1.54) is 4.57 Å². The Labute approximate surface area is 203 Å². The fourth-order valence-electron chi connectivity index (χ4n) is 5.18. The monoisotopic (exact) mass is 484 g/mol. The lowest BCUT2D eigenvalue weighted by Crippen LogP contribution is -2.36. The van der Waals surface area contributed by atoms with Gasteiger partial charge in [0.15, 0.2) is 0 Å². The molecule has 186 valence electrons. The predicted molar refractivity (Wildman–Crippen MR) is 134 cm³/mol. The van der Waals surface area contributed by atoms with Gasteiger partial charge in [0.25, 0.3) is 0 Å². The average molecular weight is 485 g/mol. The Morgan fingerprint density at radius 3 is 2.57 bits per heavy atom. The lowest BCUT2D eigenvalue weighted by atomic mass is 9.96. The van der Waals surface area contributed by atoms with E-state index < -0.39 is 12.7 Å². The molecular formula is C26H31F3N6. The van der Waals surface area contributed by atoms with Crippen molar-refractivity contribution in [2.45, 2.75) is 57.3 Å². The van der Waals surface area contributed by atoms with Gasteiger partial charge in [0.1, 0.15) is 6.54 Å². The molecule has 35 heavy (non-hydrogen) atoms. The van der Waals surface area contributed by atoms with Gasteiger partial charge < -0.3 is 20.5 Å². The lowest BCUT2D eigenvalue weighted by molar-refractivity contribution is -0.139. The molecule has 1 aliphatic carbocycles.